The van der Waals surface area contributed by atoms with Crippen LogP contribution in [0.3, 0.4) is 0 Å². The molecular formula is C14H20N2O. The largest absolute Gasteiger partial charge is 0.495 e. The van der Waals surface area contributed by atoms with Gasteiger partial charge in [0.05, 0.1) is 12.6 Å². The fourth-order valence-corrected chi connectivity index (χ4v) is 2.27. The Kier molecular flexibility index (Phi) is 3.38. The molecule has 1 atom stereocenters. The van der Waals surface area contributed by atoms with Gasteiger partial charge in [0, 0.05) is 24.7 Å². The number of ether oxygens (including phenoxy) is 1. The van der Waals surface area contributed by atoms with Crippen molar-refractivity contribution in [2.45, 2.75) is 19.4 Å². The van der Waals surface area contributed by atoms with E-state index < -0.39 is 0 Å². The average Bonchev–Trinajstić information content (AvgIpc) is 2.66. The molecule has 0 aliphatic rings. The molecule has 3 nitrogen and oxygen atoms in total. The summed E-state index contributed by atoms with van der Waals surface area (Å²) in [5.41, 5.74) is 2.54. The van der Waals surface area contributed by atoms with E-state index in [1.54, 1.807) is 7.11 Å². The van der Waals surface area contributed by atoms with Gasteiger partial charge in [0.15, 0.2) is 0 Å². The Hall–Kier alpha value is -1.48. The molecule has 1 aromatic carbocycles. The summed E-state index contributed by atoms with van der Waals surface area (Å²) in [6.07, 6.45) is 3.22. The maximum atomic E-state index is 5.42. The molecule has 0 spiro atoms. The molecule has 0 aliphatic carbocycles. The lowest BCUT2D eigenvalue weighted by Gasteiger charge is -2.08. The second-order valence-corrected chi connectivity index (χ2v) is 4.52. The highest BCUT2D eigenvalue weighted by Crippen LogP contribution is 2.29. The number of hydrogen-bond donors (Lipinski definition) is 1. The maximum absolute atomic E-state index is 5.42. The van der Waals surface area contributed by atoms with Crippen molar-refractivity contribution in [3.63, 3.8) is 0 Å². The molecule has 1 aromatic heterocycles. The molecule has 2 aromatic rings. The van der Waals surface area contributed by atoms with E-state index in [1.165, 1.54) is 16.5 Å². The number of nitrogens with zero attached hydrogens (tertiary/aromatic N) is 1. The predicted molar refractivity (Wildman–Crippen MR) is 71.7 cm³/mol. The minimum absolute atomic E-state index is 0.479. The Morgan fingerprint density at radius 2 is 2.18 bits per heavy atom. The van der Waals surface area contributed by atoms with E-state index in [2.05, 4.69) is 42.2 Å². The van der Waals surface area contributed by atoms with Crippen LogP contribution in [0.15, 0.2) is 24.4 Å². The van der Waals surface area contributed by atoms with E-state index in [4.69, 9.17) is 4.74 Å². The fraction of sp³-hybridized carbons (Fsp3) is 0.429. The van der Waals surface area contributed by atoms with Crippen LogP contribution in [0.4, 0.5) is 0 Å². The number of aromatic nitrogens is 1. The van der Waals surface area contributed by atoms with Crippen LogP contribution in [0.5, 0.6) is 5.75 Å². The number of hydrogen-bond acceptors (Lipinski definition) is 2. The monoisotopic (exact) mass is 232 g/mol. The first-order chi connectivity index (χ1) is 8.17. The first-order valence-corrected chi connectivity index (χ1v) is 5.95. The summed E-state index contributed by atoms with van der Waals surface area (Å²) in [4.78, 5) is 0. The molecule has 0 aliphatic heterocycles. The van der Waals surface area contributed by atoms with Crippen molar-refractivity contribution in [3.8, 4) is 5.75 Å². The van der Waals surface area contributed by atoms with Gasteiger partial charge in [0.25, 0.3) is 0 Å². The number of fused-ring (bicyclic) bond motifs is 1. The van der Waals surface area contributed by atoms with Crippen molar-refractivity contribution in [1.29, 1.82) is 0 Å². The third-order valence-corrected chi connectivity index (χ3v) is 3.29. The zero-order valence-electron chi connectivity index (χ0n) is 10.9. The zero-order chi connectivity index (χ0) is 12.4. The third kappa shape index (κ3) is 2.15. The third-order valence-electron chi connectivity index (χ3n) is 3.29. The lowest BCUT2D eigenvalue weighted by Crippen LogP contribution is -2.23. The van der Waals surface area contributed by atoms with Gasteiger partial charge in [-0.15, -0.1) is 0 Å². The van der Waals surface area contributed by atoms with E-state index in [1.807, 2.05) is 13.1 Å². The van der Waals surface area contributed by atoms with Gasteiger partial charge in [-0.2, -0.15) is 0 Å². The molecule has 17 heavy (non-hydrogen) atoms. The van der Waals surface area contributed by atoms with Crippen molar-refractivity contribution in [2.75, 3.05) is 14.2 Å². The van der Waals surface area contributed by atoms with Crippen molar-refractivity contribution in [2.24, 2.45) is 7.05 Å². The standard InChI is InChI=1S/C14H20N2O/c1-10(15-2)8-11-9-16(3)14-12(11)6-5-7-13(14)17-4/h5-7,9-10,15H,8H2,1-4H3. The fourth-order valence-electron chi connectivity index (χ4n) is 2.27. The number of para-hydroxylation sites is 1. The Morgan fingerprint density at radius 3 is 2.82 bits per heavy atom. The number of aryl methyl sites for hydroxylation is 1. The summed E-state index contributed by atoms with van der Waals surface area (Å²) in [6, 6.07) is 6.70. The van der Waals surface area contributed by atoms with Crippen molar-refractivity contribution < 1.29 is 4.74 Å². The summed E-state index contributed by atoms with van der Waals surface area (Å²) >= 11 is 0. The van der Waals surface area contributed by atoms with Gasteiger partial charge < -0.3 is 14.6 Å². The number of likely N-dealkylation sites (N-methyl/N-ethyl adjacent to an activating group) is 1. The van der Waals surface area contributed by atoms with E-state index >= 15 is 0 Å². The first kappa shape index (κ1) is 12.0. The molecule has 0 saturated heterocycles. The Balaban J connectivity index is 2.52. The summed E-state index contributed by atoms with van der Waals surface area (Å²) in [5.74, 6) is 0.938. The van der Waals surface area contributed by atoms with E-state index in [9.17, 15) is 0 Å². The predicted octanol–water partition coefficient (Wildman–Crippen LogP) is 2.34. The number of benzene rings is 1. The number of nitrogens with one attached hydrogen (secondary N) is 1. The second kappa shape index (κ2) is 4.80. The van der Waals surface area contributed by atoms with Gasteiger partial charge >= 0.3 is 0 Å². The Labute approximate surface area is 102 Å². The summed E-state index contributed by atoms with van der Waals surface area (Å²) < 4.78 is 7.56. The molecule has 0 saturated carbocycles. The molecule has 0 amide bonds. The SMILES string of the molecule is CNC(C)Cc1cn(C)c2c(OC)cccc12. The molecule has 1 N–H and O–H groups in total. The lowest BCUT2D eigenvalue weighted by atomic mass is 10.1. The average molecular weight is 232 g/mol. The molecule has 0 fully saturated rings. The van der Waals surface area contributed by atoms with Gasteiger partial charge in [0.2, 0.25) is 0 Å². The first-order valence-electron chi connectivity index (χ1n) is 5.95. The van der Waals surface area contributed by atoms with E-state index in [-0.39, 0.29) is 0 Å². The summed E-state index contributed by atoms with van der Waals surface area (Å²) in [7, 11) is 5.78. The van der Waals surface area contributed by atoms with Crippen LogP contribution in [0.2, 0.25) is 0 Å². The van der Waals surface area contributed by atoms with Gasteiger partial charge in [-0.1, -0.05) is 12.1 Å². The molecule has 0 radical (unpaired) electrons. The van der Waals surface area contributed by atoms with Crippen LogP contribution in [-0.4, -0.2) is 24.8 Å². The highest BCUT2D eigenvalue weighted by atomic mass is 16.5. The zero-order valence-corrected chi connectivity index (χ0v) is 10.9. The minimum Gasteiger partial charge on any atom is -0.495 e. The number of methoxy groups -OCH3 is 1. The molecule has 1 unspecified atom stereocenters. The van der Waals surface area contributed by atoms with Crippen LogP contribution < -0.4 is 10.1 Å². The van der Waals surface area contributed by atoms with Crippen LogP contribution in [0.25, 0.3) is 10.9 Å². The highest BCUT2D eigenvalue weighted by molar-refractivity contribution is 5.89. The van der Waals surface area contributed by atoms with Crippen molar-refractivity contribution in [3.05, 3.63) is 30.0 Å². The van der Waals surface area contributed by atoms with Crippen molar-refractivity contribution in [1.82, 2.24) is 9.88 Å². The number of rotatable bonds is 4. The lowest BCUT2D eigenvalue weighted by molar-refractivity contribution is 0.418. The van der Waals surface area contributed by atoms with Crippen LogP contribution in [0.1, 0.15) is 12.5 Å². The summed E-state index contributed by atoms with van der Waals surface area (Å²) in [6.45, 7) is 2.19. The highest BCUT2D eigenvalue weighted by Gasteiger charge is 2.12. The molecule has 1 heterocycles. The summed E-state index contributed by atoms with van der Waals surface area (Å²) in [5, 5.41) is 4.56. The molecular weight excluding hydrogens is 212 g/mol. The van der Waals surface area contributed by atoms with Crippen LogP contribution in [-0.2, 0) is 13.5 Å². The maximum Gasteiger partial charge on any atom is 0.143 e. The van der Waals surface area contributed by atoms with Gasteiger partial charge in [-0.3, -0.25) is 0 Å². The quantitative estimate of drug-likeness (QED) is 0.875. The van der Waals surface area contributed by atoms with Gasteiger partial charge in [-0.25, -0.2) is 0 Å². The molecule has 0 bridgehead atoms. The van der Waals surface area contributed by atoms with Gasteiger partial charge in [0.1, 0.15) is 5.75 Å². The Morgan fingerprint density at radius 1 is 1.41 bits per heavy atom. The normalized spacial score (nSPS) is 12.9. The van der Waals surface area contributed by atoms with Crippen LogP contribution in [0, 0.1) is 0 Å². The minimum atomic E-state index is 0.479. The Bertz CT molecular complexity index is 516. The van der Waals surface area contributed by atoms with E-state index in [0.29, 0.717) is 6.04 Å². The molecule has 3 heteroatoms. The van der Waals surface area contributed by atoms with Gasteiger partial charge in [-0.05, 0) is 32.0 Å². The topological polar surface area (TPSA) is 26.2 Å². The van der Waals surface area contributed by atoms with Crippen molar-refractivity contribution >= 4 is 10.9 Å². The smallest absolute Gasteiger partial charge is 0.143 e. The molecule has 92 valence electrons. The molecule has 2 rings (SSSR count). The second-order valence-electron chi connectivity index (χ2n) is 4.52. The van der Waals surface area contributed by atoms with Crippen LogP contribution >= 0.6 is 0 Å². The van der Waals surface area contributed by atoms with E-state index in [0.717, 1.165) is 12.2 Å².